The molecule has 0 atom stereocenters. The van der Waals surface area contributed by atoms with E-state index in [0.717, 1.165) is 17.7 Å². The predicted molar refractivity (Wildman–Crippen MR) is 108 cm³/mol. The van der Waals surface area contributed by atoms with Gasteiger partial charge in [-0.05, 0) is 54.8 Å². The normalized spacial score (nSPS) is 13.1. The summed E-state index contributed by atoms with van der Waals surface area (Å²) in [7, 11) is 1.53. The van der Waals surface area contributed by atoms with Crippen LogP contribution in [0.15, 0.2) is 36.4 Å². The first-order chi connectivity index (χ1) is 13.0. The molecule has 0 saturated carbocycles. The van der Waals surface area contributed by atoms with E-state index in [1.807, 2.05) is 24.0 Å². The Morgan fingerprint density at radius 1 is 1.19 bits per heavy atom. The Hall–Kier alpha value is -2.73. The second-order valence-electron chi connectivity index (χ2n) is 6.31. The molecule has 2 N–H and O–H groups in total. The molecule has 27 heavy (non-hydrogen) atoms. The maximum Gasteiger partial charge on any atom is 0.323 e. The lowest BCUT2D eigenvalue weighted by Crippen LogP contribution is -2.35. The highest BCUT2D eigenvalue weighted by Gasteiger charge is 2.23. The number of urea groups is 1. The highest BCUT2D eigenvalue weighted by molar-refractivity contribution is 6.31. The molecular weight excluding hydrogens is 366 g/mol. The minimum atomic E-state index is -0.396. The third-order valence-electron chi connectivity index (χ3n) is 4.39. The van der Waals surface area contributed by atoms with E-state index < -0.39 is 6.03 Å². The van der Waals surface area contributed by atoms with Gasteiger partial charge in [0.15, 0.2) is 0 Å². The number of carbonyl (C=O) groups excluding carboxylic acids is 2. The van der Waals surface area contributed by atoms with E-state index in [-0.39, 0.29) is 5.91 Å². The predicted octanol–water partition coefficient (Wildman–Crippen LogP) is 4.68. The fourth-order valence-corrected chi connectivity index (χ4v) is 3.34. The van der Waals surface area contributed by atoms with Gasteiger partial charge in [-0.1, -0.05) is 18.5 Å². The molecule has 3 rings (SSSR count). The van der Waals surface area contributed by atoms with Gasteiger partial charge in [-0.2, -0.15) is 0 Å². The molecule has 7 heteroatoms. The maximum absolute atomic E-state index is 12.4. The molecule has 0 fully saturated rings. The highest BCUT2D eigenvalue weighted by Crippen LogP contribution is 2.31. The number of nitrogens with one attached hydrogen (secondary N) is 2. The molecule has 2 aromatic rings. The summed E-state index contributed by atoms with van der Waals surface area (Å²) in [5.41, 5.74) is 3.13. The van der Waals surface area contributed by atoms with Crippen LogP contribution < -0.4 is 20.3 Å². The Balaban J connectivity index is 1.74. The minimum Gasteiger partial charge on any atom is -0.495 e. The van der Waals surface area contributed by atoms with Crippen molar-refractivity contribution in [1.29, 1.82) is 0 Å². The van der Waals surface area contributed by atoms with Gasteiger partial charge in [-0.15, -0.1) is 0 Å². The third kappa shape index (κ3) is 4.34. The number of hydrogen-bond acceptors (Lipinski definition) is 3. The lowest BCUT2D eigenvalue weighted by Gasteiger charge is -2.29. The van der Waals surface area contributed by atoms with Gasteiger partial charge in [0.25, 0.3) is 0 Å². The second-order valence-corrected chi connectivity index (χ2v) is 6.75. The van der Waals surface area contributed by atoms with Gasteiger partial charge in [0.05, 0.1) is 12.8 Å². The number of benzene rings is 2. The second kappa shape index (κ2) is 8.31. The largest absolute Gasteiger partial charge is 0.495 e. The first-order valence-corrected chi connectivity index (χ1v) is 9.24. The maximum atomic E-state index is 12.4. The zero-order valence-electron chi connectivity index (χ0n) is 15.3. The van der Waals surface area contributed by atoms with Crippen molar-refractivity contribution < 1.29 is 14.3 Å². The van der Waals surface area contributed by atoms with Crippen LogP contribution in [0.3, 0.4) is 0 Å². The molecule has 2 aromatic carbocycles. The van der Waals surface area contributed by atoms with Gasteiger partial charge in [0.1, 0.15) is 5.75 Å². The smallest absolute Gasteiger partial charge is 0.323 e. The van der Waals surface area contributed by atoms with Gasteiger partial charge in [-0.25, -0.2) is 4.79 Å². The number of ether oxygens (including phenoxy) is 1. The van der Waals surface area contributed by atoms with Crippen LogP contribution in [0.25, 0.3) is 0 Å². The molecule has 0 bridgehead atoms. The number of halogens is 1. The first kappa shape index (κ1) is 19.0. The summed E-state index contributed by atoms with van der Waals surface area (Å²) in [6, 6.07) is 10.2. The van der Waals surface area contributed by atoms with Crippen LogP contribution in [0.1, 0.15) is 25.3 Å². The van der Waals surface area contributed by atoms with E-state index in [9.17, 15) is 9.59 Å². The third-order valence-corrected chi connectivity index (χ3v) is 4.63. The van der Waals surface area contributed by atoms with Gasteiger partial charge >= 0.3 is 6.03 Å². The number of fused-ring (bicyclic) bond motifs is 1. The number of rotatable bonds is 5. The number of nitrogens with zero attached hydrogens (tertiary/aromatic N) is 1. The Morgan fingerprint density at radius 2 is 2.00 bits per heavy atom. The van der Waals surface area contributed by atoms with Crippen molar-refractivity contribution in [3.63, 3.8) is 0 Å². The topological polar surface area (TPSA) is 70.7 Å². The molecule has 0 aliphatic carbocycles. The average Bonchev–Trinajstić information content (AvgIpc) is 2.64. The summed E-state index contributed by atoms with van der Waals surface area (Å²) in [6.07, 6.45) is 2.06. The van der Waals surface area contributed by atoms with Crippen LogP contribution in [-0.2, 0) is 11.2 Å². The molecule has 0 radical (unpaired) electrons. The molecule has 1 aliphatic heterocycles. The van der Waals surface area contributed by atoms with E-state index >= 15 is 0 Å². The van der Waals surface area contributed by atoms with Gasteiger partial charge in [0.2, 0.25) is 5.91 Å². The summed E-state index contributed by atoms with van der Waals surface area (Å²) < 4.78 is 5.23. The standard InChI is InChI=1S/C20H22ClN3O3/c1-3-10-24-17-7-6-15(11-13(17)4-9-19(24)25)22-20(26)23-16-12-14(21)5-8-18(16)27-2/h5-8,11-12H,3-4,9-10H2,1-2H3,(H2,22,23,26). The van der Waals surface area contributed by atoms with Crippen molar-refractivity contribution >= 4 is 40.6 Å². The van der Waals surface area contributed by atoms with E-state index in [1.165, 1.54) is 7.11 Å². The molecule has 1 aliphatic rings. The molecule has 6 nitrogen and oxygen atoms in total. The quantitative estimate of drug-likeness (QED) is 0.782. The van der Waals surface area contributed by atoms with Crippen molar-refractivity contribution in [3.05, 3.63) is 47.0 Å². The van der Waals surface area contributed by atoms with Crippen LogP contribution in [0.2, 0.25) is 5.02 Å². The monoisotopic (exact) mass is 387 g/mol. The van der Waals surface area contributed by atoms with Crippen molar-refractivity contribution in [2.75, 3.05) is 29.2 Å². The fraction of sp³-hybridized carbons (Fsp3) is 0.300. The Labute approximate surface area is 163 Å². The Morgan fingerprint density at radius 3 is 2.74 bits per heavy atom. The molecule has 1 heterocycles. The average molecular weight is 388 g/mol. The zero-order chi connectivity index (χ0) is 19.4. The lowest BCUT2D eigenvalue weighted by atomic mass is 10.00. The van der Waals surface area contributed by atoms with E-state index in [1.54, 1.807) is 24.3 Å². The number of anilines is 3. The van der Waals surface area contributed by atoms with E-state index in [2.05, 4.69) is 10.6 Å². The molecule has 3 amide bonds. The summed E-state index contributed by atoms with van der Waals surface area (Å²) >= 11 is 5.99. The van der Waals surface area contributed by atoms with Gasteiger partial charge in [0, 0.05) is 29.4 Å². The van der Waals surface area contributed by atoms with Crippen LogP contribution in [0.5, 0.6) is 5.75 Å². The number of aryl methyl sites for hydroxylation is 1. The molecule has 0 saturated heterocycles. The van der Waals surface area contributed by atoms with Gasteiger partial charge in [-0.3, -0.25) is 4.79 Å². The lowest BCUT2D eigenvalue weighted by molar-refractivity contribution is -0.118. The van der Waals surface area contributed by atoms with Crippen molar-refractivity contribution in [3.8, 4) is 5.75 Å². The molecular formula is C20H22ClN3O3. The first-order valence-electron chi connectivity index (χ1n) is 8.86. The van der Waals surface area contributed by atoms with Gasteiger partial charge < -0.3 is 20.3 Å². The number of methoxy groups -OCH3 is 1. The summed E-state index contributed by atoms with van der Waals surface area (Å²) in [4.78, 5) is 26.3. The van der Waals surface area contributed by atoms with Crippen molar-refractivity contribution in [1.82, 2.24) is 0 Å². The fourth-order valence-electron chi connectivity index (χ4n) is 3.17. The zero-order valence-corrected chi connectivity index (χ0v) is 16.1. The Kier molecular flexibility index (Phi) is 5.86. The minimum absolute atomic E-state index is 0.149. The summed E-state index contributed by atoms with van der Waals surface area (Å²) in [5, 5.41) is 6.06. The van der Waals surface area contributed by atoms with Crippen LogP contribution in [-0.4, -0.2) is 25.6 Å². The summed E-state index contributed by atoms with van der Waals surface area (Å²) in [6.45, 7) is 2.75. The number of amides is 3. The van der Waals surface area contributed by atoms with Crippen LogP contribution in [0.4, 0.5) is 21.9 Å². The van der Waals surface area contributed by atoms with Crippen LogP contribution >= 0.6 is 11.6 Å². The number of carbonyl (C=O) groups is 2. The molecule has 0 unspecified atom stereocenters. The summed E-state index contributed by atoms with van der Waals surface area (Å²) in [5.74, 6) is 0.671. The molecule has 0 aromatic heterocycles. The highest BCUT2D eigenvalue weighted by atomic mass is 35.5. The van der Waals surface area contributed by atoms with Crippen molar-refractivity contribution in [2.24, 2.45) is 0 Å². The van der Waals surface area contributed by atoms with Crippen LogP contribution in [0, 0.1) is 0 Å². The van der Waals surface area contributed by atoms with E-state index in [4.69, 9.17) is 16.3 Å². The Bertz CT molecular complexity index is 870. The molecule has 142 valence electrons. The molecule has 0 spiro atoms. The van der Waals surface area contributed by atoms with Crippen molar-refractivity contribution in [2.45, 2.75) is 26.2 Å². The SMILES string of the molecule is CCCN1C(=O)CCc2cc(NC(=O)Nc3cc(Cl)ccc3OC)ccc21. The van der Waals surface area contributed by atoms with E-state index in [0.29, 0.717) is 41.5 Å². The number of hydrogen-bond donors (Lipinski definition) is 2.